The van der Waals surface area contributed by atoms with E-state index in [9.17, 15) is 0 Å². The molecule has 0 spiro atoms. The van der Waals surface area contributed by atoms with Crippen LogP contribution in [0.15, 0.2) is 206 Å². The number of allylic oxidation sites excluding steroid dienone is 9. The van der Waals surface area contributed by atoms with Crippen LogP contribution < -0.4 is 10.6 Å². The van der Waals surface area contributed by atoms with Crippen molar-refractivity contribution in [2.24, 2.45) is 0 Å². The predicted octanol–water partition coefficient (Wildman–Crippen LogP) is 20.7. The SMILES string of the molecule is C#C.C=C(C)c1ccccc1.CC.CC.CC.CC=S=C(C)C(/C=C\C/C(=C/C)CCC)=C/NC.CNc1ccccc1-c1ccccc1-c1ccccc1-c1ccc2c3c(c4ccccc4c2c1)CC=CC=C3. The Bertz CT molecular complexity index is 3040. The van der Waals surface area contributed by atoms with E-state index >= 15 is 0 Å². The van der Waals surface area contributed by atoms with Crippen LogP contribution in [0.5, 0.6) is 0 Å². The molecular formula is C71H86N2S. The van der Waals surface area contributed by atoms with Gasteiger partial charge in [0.25, 0.3) is 0 Å². The molecule has 7 aromatic rings. The van der Waals surface area contributed by atoms with E-state index in [2.05, 4.69) is 239 Å². The minimum absolute atomic E-state index is 0.953. The van der Waals surface area contributed by atoms with Crippen LogP contribution in [-0.2, 0) is 6.42 Å². The minimum Gasteiger partial charge on any atom is -0.393 e. The zero-order valence-electron chi connectivity index (χ0n) is 47.2. The first-order valence-electron chi connectivity index (χ1n) is 26.6. The second-order valence-electron chi connectivity index (χ2n) is 16.3. The van der Waals surface area contributed by atoms with Gasteiger partial charge < -0.3 is 10.6 Å². The zero-order valence-corrected chi connectivity index (χ0v) is 48.0. The molecule has 0 fully saturated rings. The number of hydrogen-bond acceptors (Lipinski definition) is 2. The molecule has 74 heavy (non-hydrogen) atoms. The van der Waals surface area contributed by atoms with E-state index < -0.39 is 0 Å². The van der Waals surface area contributed by atoms with Crippen molar-refractivity contribution in [3.63, 3.8) is 0 Å². The molecule has 0 heterocycles. The van der Waals surface area contributed by atoms with Crippen LogP contribution >= 0.6 is 10.9 Å². The highest BCUT2D eigenvalue weighted by Crippen LogP contribution is 2.42. The van der Waals surface area contributed by atoms with E-state index in [1.54, 1.807) is 10.9 Å². The molecular weight excluding hydrogens is 913 g/mol. The third kappa shape index (κ3) is 18.0. The van der Waals surface area contributed by atoms with Gasteiger partial charge >= 0.3 is 0 Å². The maximum atomic E-state index is 4.00. The van der Waals surface area contributed by atoms with E-state index in [0.29, 0.717) is 0 Å². The van der Waals surface area contributed by atoms with Gasteiger partial charge in [0.1, 0.15) is 0 Å². The fraction of sp³-hybridized carbons (Fsp3) is 0.239. The van der Waals surface area contributed by atoms with E-state index in [1.807, 2.05) is 80.8 Å². The van der Waals surface area contributed by atoms with E-state index in [1.165, 1.54) is 100 Å². The van der Waals surface area contributed by atoms with Crippen LogP contribution in [0.2, 0.25) is 0 Å². The Morgan fingerprint density at radius 1 is 0.635 bits per heavy atom. The molecule has 0 aliphatic heterocycles. The Morgan fingerprint density at radius 2 is 1.19 bits per heavy atom. The van der Waals surface area contributed by atoms with E-state index in [-0.39, 0.29) is 0 Å². The molecule has 0 atom stereocenters. The largest absolute Gasteiger partial charge is 0.393 e. The fourth-order valence-corrected chi connectivity index (χ4v) is 9.17. The molecule has 2 N–H and O–H groups in total. The summed E-state index contributed by atoms with van der Waals surface area (Å²) in [5.41, 5.74) is 16.4. The number of terminal acetylenes is 1. The molecule has 1 aliphatic carbocycles. The Balaban J connectivity index is 0.000000446. The van der Waals surface area contributed by atoms with Crippen molar-refractivity contribution in [1.82, 2.24) is 5.32 Å². The highest BCUT2D eigenvalue weighted by Gasteiger charge is 2.17. The standard InChI is InChI=1S/C38H29N.C16H27NS.C9H10.3C2H6.C2H2/c1-39-38-22-12-11-21-36(38)33-19-9-7-17-29(33)28-16-6-5-13-27(28)26-23-24-35-32-15-4-2-3-14-30(32)31-18-8-10-20-34(31)37(35)25-26;1-6-10-15(7-2)11-9-12-16(13-17-5)14(4)18-8-3;1-8(2)9-6-4-3-5-7-9;4*1-2/h2-13,15-25,39H,14H2,1H3;7-9,12-13,17H,6,10-11H2,1-5H3;3-7H,1H2,2H3;3*1-2H3;1-2H/b;12-9-,15-7+,16-13+;;;;;. The summed E-state index contributed by atoms with van der Waals surface area (Å²) < 4.78 is 0. The third-order valence-electron chi connectivity index (χ3n) is 11.9. The van der Waals surface area contributed by atoms with Crippen molar-refractivity contribution in [3.8, 4) is 46.2 Å². The minimum atomic E-state index is 0.953. The van der Waals surface area contributed by atoms with Crippen LogP contribution in [0.1, 0.15) is 112 Å². The molecule has 386 valence electrons. The lowest BCUT2D eigenvalue weighted by Gasteiger charge is -2.18. The molecule has 0 radical (unpaired) electrons. The normalized spacial score (nSPS) is 11.0. The van der Waals surface area contributed by atoms with Crippen molar-refractivity contribution in [1.29, 1.82) is 0 Å². The van der Waals surface area contributed by atoms with Gasteiger partial charge in [0, 0.05) is 42.0 Å². The van der Waals surface area contributed by atoms with Gasteiger partial charge in [0.2, 0.25) is 0 Å². The number of nitrogens with one attached hydrogen (secondary N) is 2. The molecule has 0 aromatic heterocycles. The predicted molar refractivity (Wildman–Crippen MR) is 344 cm³/mol. The molecule has 7 aromatic carbocycles. The van der Waals surface area contributed by atoms with E-state index in [0.717, 1.165) is 24.1 Å². The summed E-state index contributed by atoms with van der Waals surface area (Å²) in [5, 5.41) is 13.9. The zero-order chi connectivity index (χ0) is 54.7. The van der Waals surface area contributed by atoms with Crippen molar-refractivity contribution < 1.29 is 0 Å². The highest BCUT2D eigenvalue weighted by atomic mass is 32.1. The summed E-state index contributed by atoms with van der Waals surface area (Å²) in [6.45, 7) is 26.4. The number of rotatable bonds is 12. The van der Waals surface area contributed by atoms with Crippen molar-refractivity contribution >= 4 is 60.1 Å². The van der Waals surface area contributed by atoms with Crippen molar-refractivity contribution in [3.05, 3.63) is 223 Å². The highest BCUT2D eigenvalue weighted by molar-refractivity contribution is 7.97. The molecule has 0 bridgehead atoms. The first kappa shape index (κ1) is 62.7. The van der Waals surface area contributed by atoms with Crippen molar-refractivity contribution in [2.45, 2.75) is 102 Å². The maximum Gasteiger partial charge on any atom is 0.0417 e. The summed E-state index contributed by atoms with van der Waals surface area (Å²) in [4.78, 5) is 1.32. The first-order valence-corrected chi connectivity index (χ1v) is 27.5. The van der Waals surface area contributed by atoms with Crippen molar-refractivity contribution in [2.75, 3.05) is 19.4 Å². The molecule has 0 saturated carbocycles. The van der Waals surface area contributed by atoms with Gasteiger partial charge in [0.15, 0.2) is 0 Å². The number of fused-ring (bicyclic) bond motifs is 6. The van der Waals surface area contributed by atoms with Crippen LogP contribution in [0.4, 0.5) is 5.69 Å². The number of para-hydroxylation sites is 1. The van der Waals surface area contributed by atoms with Crippen LogP contribution in [-0.4, -0.2) is 24.3 Å². The number of benzene rings is 7. The first-order chi connectivity index (χ1) is 36.3. The molecule has 1 aliphatic rings. The van der Waals surface area contributed by atoms with Crippen LogP contribution in [0, 0.1) is 12.8 Å². The summed E-state index contributed by atoms with van der Waals surface area (Å²) in [7, 11) is 5.70. The van der Waals surface area contributed by atoms with Gasteiger partial charge in [-0.25, -0.2) is 0 Å². The molecule has 2 nitrogen and oxygen atoms in total. The topological polar surface area (TPSA) is 24.1 Å². The van der Waals surface area contributed by atoms with E-state index in [4.69, 9.17) is 0 Å². The van der Waals surface area contributed by atoms with Gasteiger partial charge in [0.05, 0.1) is 0 Å². The summed E-state index contributed by atoms with van der Waals surface area (Å²) in [5.74, 6) is 0. The van der Waals surface area contributed by atoms with Crippen LogP contribution in [0.25, 0.3) is 66.6 Å². The molecule has 0 amide bonds. The Labute approximate surface area is 453 Å². The molecule has 0 unspecified atom stereocenters. The Morgan fingerprint density at radius 3 is 1.76 bits per heavy atom. The monoisotopic (exact) mass is 999 g/mol. The average Bonchev–Trinajstić information content (AvgIpc) is 3.74. The molecule has 3 heteroatoms. The van der Waals surface area contributed by atoms with Crippen LogP contribution in [0.3, 0.4) is 0 Å². The quantitative estimate of drug-likeness (QED) is 0.0318. The third-order valence-corrected chi connectivity index (χ3v) is 12.7. The Hall–Kier alpha value is -7.38. The second kappa shape index (κ2) is 36.5. The molecule has 0 saturated heterocycles. The fourth-order valence-electron chi connectivity index (χ4n) is 8.56. The lowest BCUT2D eigenvalue weighted by atomic mass is 9.86. The smallest absolute Gasteiger partial charge is 0.0417 e. The maximum absolute atomic E-state index is 4.00. The summed E-state index contributed by atoms with van der Waals surface area (Å²) >= 11 is 0. The number of anilines is 1. The second-order valence-corrected chi connectivity index (χ2v) is 17.6. The summed E-state index contributed by atoms with van der Waals surface area (Å²) in [6.07, 6.45) is 30.1. The van der Waals surface area contributed by atoms with Gasteiger partial charge in [-0.3, -0.25) is 0 Å². The van der Waals surface area contributed by atoms with Gasteiger partial charge in [-0.1, -0.05) is 249 Å². The molecule has 8 rings (SSSR count). The lowest BCUT2D eigenvalue weighted by Crippen LogP contribution is -2.00. The Kier molecular flexibility index (Phi) is 31.0. The van der Waals surface area contributed by atoms with Gasteiger partial charge in [-0.05, 0) is 131 Å². The average molecular weight is 1000 g/mol. The lowest BCUT2D eigenvalue weighted by molar-refractivity contribution is 0.877. The number of hydrogen-bond donors (Lipinski definition) is 2. The van der Waals surface area contributed by atoms with Gasteiger partial charge in [-0.2, -0.15) is 10.9 Å². The summed E-state index contributed by atoms with van der Waals surface area (Å²) in [6, 6.07) is 52.1. The van der Waals surface area contributed by atoms with Gasteiger partial charge in [-0.15, -0.1) is 12.8 Å².